The minimum atomic E-state index is -1.38. The molecule has 0 bridgehead atoms. The number of carbonyl (C=O) groups is 2. The zero-order chi connectivity index (χ0) is 15.2. The van der Waals surface area contributed by atoms with Crippen LogP contribution in [0.25, 0.3) is 6.08 Å². The number of hydrogen-bond donors (Lipinski definition) is 3. The Bertz CT molecular complexity index is 660. The largest absolute Gasteiger partial charge is 0.478 e. The molecular weight excluding hydrogens is 278 g/mol. The van der Waals surface area contributed by atoms with E-state index in [0.717, 1.165) is 23.6 Å². The minimum Gasteiger partial charge on any atom is -0.478 e. The molecule has 1 aliphatic rings. The average molecular weight is 289 g/mol. The van der Waals surface area contributed by atoms with Gasteiger partial charge in [-0.1, -0.05) is 18.2 Å². The molecule has 0 unspecified atom stereocenters. The van der Waals surface area contributed by atoms with Crippen molar-refractivity contribution in [1.29, 1.82) is 0 Å². The molecule has 2 aromatic rings. The van der Waals surface area contributed by atoms with Crippen LogP contribution in [-0.2, 0) is 0 Å². The number of benzene rings is 1. The Morgan fingerprint density at radius 2 is 1.81 bits per heavy atom. The second-order valence-electron chi connectivity index (χ2n) is 3.86. The van der Waals surface area contributed by atoms with E-state index < -0.39 is 17.7 Å². The minimum absolute atomic E-state index is 0.336. The molecule has 0 spiro atoms. The Kier molecular flexibility index (Phi) is 4.25. The second kappa shape index (κ2) is 6.29. The first-order chi connectivity index (χ1) is 10.1. The van der Waals surface area contributed by atoms with Gasteiger partial charge in [-0.3, -0.25) is 0 Å². The van der Waals surface area contributed by atoms with Crippen LogP contribution in [0.4, 0.5) is 0 Å². The van der Waals surface area contributed by atoms with E-state index in [9.17, 15) is 9.59 Å². The lowest BCUT2D eigenvalue weighted by Gasteiger charge is -2.11. The maximum Gasteiger partial charge on any atom is 0.372 e. The summed E-state index contributed by atoms with van der Waals surface area (Å²) in [5, 5.41) is 16.7. The van der Waals surface area contributed by atoms with E-state index >= 15 is 0 Å². The lowest BCUT2D eigenvalue weighted by Crippen LogP contribution is -2.13. The number of fused-ring (bicyclic) bond motifs is 1. The summed E-state index contributed by atoms with van der Waals surface area (Å²) in [6.45, 7) is 0. The fourth-order valence-corrected chi connectivity index (χ4v) is 1.58. The van der Waals surface area contributed by atoms with E-state index in [4.69, 9.17) is 15.1 Å². The van der Waals surface area contributed by atoms with Crippen LogP contribution in [0, 0.1) is 0 Å². The van der Waals surface area contributed by atoms with Crippen LogP contribution in [0.3, 0.4) is 0 Å². The third-order valence-corrected chi connectivity index (χ3v) is 2.51. The van der Waals surface area contributed by atoms with Crippen LogP contribution in [0.1, 0.15) is 26.5 Å². The van der Waals surface area contributed by atoms with Gasteiger partial charge in [-0.05, 0) is 18.2 Å². The molecule has 3 rings (SSSR count). The molecule has 0 atom stereocenters. The van der Waals surface area contributed by atoms with E-state index in [2.05, 4.69) is 9.90 Å². The molecule has 2 heterocycles. The van der Waals surface area contributed by atoms with Gasteiger partial charge >= 0.3 is 11.9 Å². The maximum absolute atomic E-state index is 10.3. The van der Waals surface area contributed by atoms with Crippen LogP contribution < -0.4 is 10.3 Å². The number of aromatic carboxylic acids is 2. The van der Waals surface area contributed by atoms with Gasteiger partial charge < -0.3 is 19.5 Å². The highest BCUT2D eigenvalue weighted by atomic mass is 16.6. The summed E-state index contributed by atoms with van der Waals surface area (Å²) >= 11 is 0. The fraction of sp³-hybridized carbons (Fsp3) is 0. The summed E-state index contributed by atoms with van der Waals surface area (Å²) in [7, 11) is 0. The Morgan fingerprint density at radius 3 is 2.43 bits per heavy atom. The summed E-state index contributed by atoms with van der Waals surface area (Å²) in [6, 6.07) is 8.95. The number of carboxylic acid groups (broad SMARTS) is 2. The van der Waals surface area contributed by atoms with Crippen LogP contribution in [0.5, 0.6) is 5.75 Å². The molecule has 0 saturated heterocycles. The molecule has 0 fully saturated rings. The summed E-state index contributed by atoms with van der Waals surface area (Å²) in [4.78, 5) is 25.6. The number of nitrogens with one attached hydrogen (secondary N) is 1. The van der Waals surface area contributed by atoms with Gasteiger partial charge in [0.2, 0.25) is 5.76 Å². The highest BCUT2D eigenvalue weighted by Gasteiger charge is 2.18. The second-order valence-corrected chi connectivity index (χ2v) is 3.86. The van der Waals surface area contributed by atoms with Gasteiger partial charge in [0.15, 0.2) is 5.75 Å². The van der Waals surface area contributed by atoms with Gasteiger partial charge in [0, 0.05) is 11.8 Å². The quantitative estimate of drug-likeness (QED) is 0.777. The van der Waals surface area contributed by atoms with E-state index in [0.29, 0.717) is 0 Å². The molecule has 108 valence electrons. The summed E-state index contributed by atoms with van der Waals surface area (Å²) in [5.41, 5.74) is 3.44. The third kappa shape index (κ3) is 3.41. The van der Waals surface area contributed by atoms with Crippen molar-refractivity contribution in [3.63, 3.8) is 0 Å². The maximum atomic E-state index is 10.3. The summed E-state index contributed by atoms with van der Waals surface area (Å²) in [6.07, 6.45) is 4.76. The van der Waals surface area contributed by atoms with Crippen LogP contribution in [0.15, 0.2) is 47.2 Å². The number of hydrogen-bond acceptors (Lipinski definition) is 5. The molecule has 3 N–H and O–H groups in total. The number of hydroxylamine groups is 1. The smallest absolute Gasteiger partial charge is 0.372 e. The van der Waals surface area contributed by atoms with Crippen LogP contribution >= 0.6 is 0 Å². The van der Waals surface area contributed by atoms with Gasteiger partial charge in [-0.2, -0.15) is 0 Å². The van der Waals surface area contributed by atoms with E-state index in [1.54, 1.807) is 6.20 Å². The summed E-state index contributed by atoms with van der Waals surface area (Å²) in [5.74, 6) is -2.36. The van der Waals surface area contributed by atoms with Gasteiger partial charge in [0.05, 0.1) is 6.26 Å². The molecule has 1 aromatic carbocycles. The van der Waals surface area contributed by atoms with Crippen molar-refractivity contribution in [3.05, 3.63) is 59.7 Å². The number of furan rings is 1. The number of rotatable bonds is 2. The van der Waals surface area contributed by atoms with Gasteiger partial charge in [0.25, 0.3) is 0 Å². The van der Waals surface area contributed by atoms with Gasteiger partial charge in [-0.15, -0.1) is 0 Å². The van der Waals surface area contributed by atoms with Crippen LogP contribution in [0.2, 0.25) is 0 Å². The lowest BCUT2D eigenvalue weighted by molar-refractivity contribution is 0.0626. The monoisotopic (exact) mass is 289 g/mol. The number of carboxylic acids is 2. The molecule has 0 aliphatic carbocycles. The third-order valence-electron chi connectivity index (χ3n) is 2.51. The van der Waals surface area contributed by atoms with Crippen molar-refractivity contribution >= 4 is 18.0 Å². The predicted octanol–water partition coefficient (Wildman–Crippen LogP) is 2.23. The van der Waals surface area contributed by atoms with Crippen molar-refractivity contribution in [3.8, 4) is 5.75 Å². The van der Waals surface area contributed by atoms with Gasteiger partial charge in [-0.25, -0.2) is 15.1 Å². The van der Waals surface area contributed by atoms with Gasteiger partial charge in [0.1, 0.15) is 5.56 Å². The van der Waals surface area contributed by atoms with Crippen molar-refractivity contribution in [2.75, 3.05) is 0 Å². The zero-order valence-corrected chi connectivity index (χ0v) is 10.6. The topological polar surface area (TPSA) is 109 Å². The Balaban J connectivity index is 0.000000154. The molecule has 0 amide bonds. The molecule has 7 nitrogen and oxygen atoms in total. The standard InChI is InChI=1S/C8H7NO.C6H4O5/c1-2-4-8-7(3-1)5-6-9-10-8;7-5(8)3-1-2-11-4(3)6(9)10/h1-6,9H;1-2H,(H,7,8)(H,9,10). The summed E-state index contributed by atoms with van der Waals surface area (Å²) < 4.78 is 4.41. The van der Waals surface area contributed by atoms with Crippen molar-refractivity contribution in [2.45, 2.75) is 0 Å². The lowest BCUT2D eigenvalue weighted by atomic mass is 10.2. The van der Waals surface area contributed by atoms with Crippen molar-refractivity contribution < 1.29 is 29.1 Å². The highest BCUT2D eigenvalue weighted by molar-refractivity contribution is 5.99. The molecule has 0 radical (unpaired) electrons. The zero-order valence-electron chi connectivity index (χ0n) is 10.6. The first-order valence-electron chi connectivity index (χ1n) is 5.81. The predicted molar refractivity (Wildman–Crippen MR) is 71.9 cm³/mol. The molecule has 1 aliphatic heterocycles. The van der Waals surface area contributed by atoms with E-state index in [1.807, 2.05) is 30.3 Å². The van der Waals surface area contributed by atoms with Crippen LogP contribution in [-0.4, -0.2) is 22.2 Å². The SMILES string of the molecule is C1=Cc2ccccc2ON1.O=C(O)c1ccoc1C(=O)O. The molecule has 21 heavy (non-hydrogen) atoms. The first-order valence-corrected chi connectivity index (χ1v) is 5.81. The molecule has 1 aromatic heterocycles. The molecule has 7 heteroatoms. The Labute approximate surface area is 119 Å². The highest BCUT2D eigenvalue weighted by Crippen LogP contribution is 2.20. The Morgan fingerprint density at radius 1 is 1.05 bits per heavy atom. The Hall–Kier alpha value is -3.22. The van der Waals surface area contributed by atoms with E-state index in [-0.39, 0.29) is 5.56 Å². The number of para-hydroxylation sites is 1. The average Bonchev–Trinajstić information content (AvgIpc) is 2.98. The fourth-order valence-electron chi connectivity index (χ4n) is 1.58. The first kappa shape index (κ1) is 14.2. The normalized spacial score (nSPS) is 11.2. The van der Waals surface area contributed by atoms with Crippen molar-refractivity contribution in [2.24, 2.45) is 0 Å². The van der Waals surface area contributed by atoms with E-state index in [1.165, 1.54) is 0 Å². The molecular formula is C14H11NO6. The van der Waals surface area contributed by atoms with Crippen molar-refractivity contribution in [1.82, 2.24) is 5.48 Å². The molecule has 0 saturated carbocycles.